The van der Waals surface area contributed by atoms with Gasteiger partial charge in [0.15, 0.2) is 5.03 Å². The molecule has 0 saturated heterocycles. The summed E-state index contributed by atoms with van der Waals surface area (Å²) in [5, 5.41) is 10.3. The summed E-state index contributed by atoms with van der Waals surface area (Å²) in [7, 11) is 1.67. The molecule has 0 saturated carbocycles. The maximum Gasteiger partial charge on any atom is 0.491 e. The number of H-pyrrole nitrogens is 1. The van der Waals surface area contributed by atoms with Crippen LogP contribution in [0.2, 0.25) is 10.0 Å². The zero-order chi connectivity index (χ0) is 21.3. The molecular formula is C15H8Cl2F3N5O3S. The molecule has 3 rings (SSSR count). The maximum atomic E-state index is 12.3. The molecular weight excluding hydrogens is 458 g/mol. The van der Waals surface area contributed by atoms with Crippen molar-refractivity contribution in [2.75, 3.05) is 0 Å². The van der Waals surface area contributed by atoms with Crippen LogP contribution in [0, 0.1) is 0 Å². The first-order chi connectivity index (χ1) is 13.6. The summed E-state index contributed by atoms with van der Waals surface area (Å²) in [6.45, 7) is 0. The number of carbonyl (C=O) groups excluding carboxylic acids is 2. The van der Waals surface area contributed by atoms with E-state index in [2.05, 4.69) is 25.1 Å². The monoisotopic (exact) mass is 465 g/mol. The van der Waals surface area contributed by atoms with Crippen molar-refractivity contribution in [3.8, 4) is 11.4 Å². The van der Waals surface area contributed by atoms with Crippen LogP contribution in [0.25, 0.3) is 11.4 Å². The zero-order valence-electron chi connectivity index (χ0n) is 14.1. The van der Waals surface area contributed by atoms with Crippen molar-refractivity contribution >= 4 is 46.9 Å². The lowest BCUT2D eigenvalue weighted by Crippen LogP contribution is -2.28. The van der Waals surface area contributed by atoms with Gasteiger partial charge in [-0.05, 0) is 30.0 Å². The van der Waals surface area contributed by atoms with Gasteiger partial charge in [0.05, 0.1) is 16.2 Å². The van der Waals surface area contributed by atoms with Gasteiger partial charge < -0.3 is 9.30 Å². The zero-order valence-corrected chi connectivity index (χ0v) is 16.4. The number of aromatic nitrogens is 5. The van der Waals surface area contributed by atoms with Gasteiger partial charge in [-0.1, -0.05) is 23.2 Å². The van der Waals surface area contributed by atoms with E-state index >= 15 is 0 Å². The Balaban J connectivity index is 1.83. The Morgan fingerprint density at radius 3 is 2.59 bits per heavy atom. The second kappa shape index (κ2) is 8.05. The number of nitrogens with one attached hydrogen (secondary N) is 1. The summed E-state index contributed by atoms with van der Waals surface area (Å²) in [5.74, 6) is -3.73. The third-order valence-electron chi connectivity index (χ3n) is 3.45. The molecule has 2 heterocycles. The van der Waals surface area contributed by atoms with Gasteiger partial charge in [-0.3, -0.25) is 0 Å². The van der Waals surface area contributed by atoms with Crippen molar-refractivity contribution < 1.29 is 27.5 Å². The molecule has 152 valence electrons. The summed E-state index contributed by atoms with van der Waals surface area (Å²) < 4.78 is 42.2. The molecule has 0 fully saturated rings. The molecule has 0 aliphatic carbocycles. The largest absolute Gasteiger partial charge is 0.491 e. The lowest BCUT2D eigenvalue weighted by atomic mass is 10.2. The number of esters is 2. The van der Waals surface area contributed by atoms with Crippen LogP contribution in [0.3, 0.4) is 0 Å². The van der Waals surface area contributed by atoms with E-state index in [1.165, 1.54) is 6.20 Å². The molecule has 29 heavy (non-hydrogen) atoms. The Kier molecular flexibility index (Phi) is 5.87. The van der Waals surface area contributed by atoms with E-state index in [1.807, 2.05) is 0 Å². The first-order valence-electron chi connectivity index (χ1n) is 7.47. The normalized spacial score (nSPS) is 11.5. The van der Waals surface area contributed by atoms with Crippen LogP contribution in [0.4, 0.5) is 13.2 Å². The number of carbonyl (C=O) groups is 2. The summed E-state index contributed by atoms with van der Waals surface area (Å²) in [6.07, 6.45) is -3.86. The van der Waals surface area contributed by atoms with E-state index in [0.717, 1.165) is 11.8 Å². The van der Waals surface area contributed by atoms with Gasteiger partial charge in [0.25, 0.3) is 0 Å². The summed E-state index contributed by atoms with van der Waals surface area (Å²) >= 11 is 12.8. The number of halogens is 5. The van der Waals surface area contributed by atoms with Crippen LogP contribution in [0.1, 0.15) is 10.5 Å². The molecule has 0 unspecified atom stereocenters. The second-order valence-electron chi connectivity index (χ2n) is 5.36. The molecule has 8 nitrogen and oxygen atoms in total. The Hall–Kier alpha value is -2.57. The fourth-order valence-electron chi connectivity index (χ4n) is 2.11. The predicted octanol–water partition coefficient (Wildman–Crippen LogP) is 3.91. The summed E-state index contributed by atoms with van der Waals surface area (Å²) in [5.41, 5.74) is 0.0780. The van der Waals surface area contributed by atoms with E-state index in [0.29, 0.717) is 26.5 Å². The van der Waals surface area contributed by atoms with Crippen LogP contribution in [0.15, 0.2) is 34.4 Å². The Labute approximate surface area is 174 Å². The van der Waals surface area contributed by atoms with E-state index in [9.17, 15) is 22.8 Å². The molecule has 0 aliphatic rings. The molecule has 0 aliphatic heterocycles. The number of benzene rings is 1. The second-order valence-corrected chi connectivity index (χ2v) is 7.19. The third kappa shape index (κ3) is 4.54. The fraction of sp³-hybridized carbons (Fsp3) is 0.133. The molecule has 0 bridgehead atoms. The molecule has 0 radical (unpaired) electrons. The molecule has 1 aromatic carbocycles. The van der Waals surface area contributed by atoms with Crippen molar-refractivity contribution in [1.29, 1.82) is 0 Å². The minimum absolute atomic E-state index is 0.103. The SMILES string of the molecule is Cn1c(Sc2n[nH]nc2C(=O)OC(=O)C(F)(F)F)cnc1-c1ccc(Cl)c(Cl)c1. The number of aromatic amines is 1. The highest BCUT2D eigenvalue weighted by Gasteiger charge is 2.43. The summed E-state index contributed by atoms with van der Waals surface area (Å²) in [6, 6.07) is 4.92. The van der Waals surface area contributed by atoms with Crippen LogP contribution in [-0.4, -0.2) is 43.1 Å². The quantitative estimate of drug-likeness (QED) is 0.460. The fourth-order valence-corrected chi connectivity index (χ4v) is 3.24. The Morgan fingerprint density at radius 1 is 1.21 bits per heavy atom. The van der Waals surface area contributed by atoms with E-state index in [1.54, 1.807) is 29.8 Å². The van der Waals surface area contributed by atoms with Gasteiger partial charge in [-0.15, -0.1) is 10.2 Å². The molecule has 1 N–H and O–H groups in total. The maximum absolute atomic E-state index is 12.3. The van der Waals surface area contributed by atoms with Crippen molar-refractivity contribution in [3.05, 3.63) is 40.1 Å². The summed E-state index contributed by atoms with van der Waals surface area (Å²) in [4.78, 5) is 26.9. The molecule has 14 heteroatoms. The molecule has 0 atom stereocenters. The Morgan fingerprint density at radius 2 is 1.93 bits per heavy atom. The van der Waals surface area contributed by atoms with Gasteiger partial charge in [0.1, 0.15) is 10.9 Å². The molecule has 0 amide bonds. The number of hydrogen-bond donors (Lipinski definition) is 1. The van der Waals surface area contributed by atoms with Crippen molar-refractivity contribution in [2.45, 2.75) is 16.2 Å². The van der Waals surface area contributed by atoms with Crippen LogP contribution in [0.5, 0.6) is 0 Å². The van der Waals surface area contributed by atoms with E-state index in [-0.39, 0.29) is 5.03 Å². The average Bonchev–Trinajstić information content (AvgIpc) is 3.24. The topological polar surface area (TPSA) is 103 Å². The predicted molar refractivity (Wildman–Crippen MR) is 95.6 cm³/mol. The molecule has 3 aromatic rings. The highest BCUT2D eigenvalue weighted by atomic mass is 35.5. The van der Waals surface area contributed by atoms with Crippen molar-refractivity contribution in [1.82, 2.24) is 25.0 Å². The number of alkyl halides is 3. The number of nitrogens with zero attached hydrogens (tertiary/aromatic N) is 4. The van der Waals surface area contributed by atoms with Gasteiger partial charge in [0, 0.05) is 12.6 Å². The van der Waals surface area contributed by atoms with E-state index in [4.69, 9.17) is 23.2 Å². The van der Waals surface area contributed by atoms with Crippen molar-refractivity contribution in [3.63, 3.8) is 0 Å². The van der Waals surface area contributed by atoms with Gasteiger partial charge in [-0.2, -0.15) is 18.4 Å². The molecule has 0 spiro atoms. The highest BCUT2D eigenvalue weighted by molar-refractivity contribution is 7.99. The highest BCUT2D eigenvalue weighted by Crippen LogP contribution is 2.33. The van der Waals surface area contributed by atoms with Crippen LogP contribution in [-0.2, 0) is 16.6 Å². The first kappa shape index (κ1) is 21.1. The van der Waals surface area contributed by atoms with Crippen LogP contribution < -0.4 is 0 Å². The van der Waals surface area contributed by atoms with Gasteiger partial charge in [0.2, 0.25) is 5.69 Å². The Bertz CT molecular complexity index is 1100. The minimum atomic E-state index is -5.32. The number of imidazole rings is 1. The standard InChI is InChI=1S/C15H8Cl2F3N5O3S/c1-25-9(5-21-11(25)6-2-3-7(16)8(17)4-6)29-12-10(22-24-23-12)13(26)28-14(27)15(18,19)20/h2-5H,1H3,(H,22,23,24). The smallest absolute Gasteiger partial charge is 0.381 e. The van der Waals surface area contributed by atoms with Crippen LogP contribution >= 0.6 is 35.0 Å². The van der Waals surface area contributed by atoms with E-state index < -0.39 is 23.8 Å². The number of rotatable bonds is 4. The first-order valence-corrected chi connectivity index (χ1v) is 9.04. The van der Waals surface area contributed by atoms with Crippen molar-refractivity contribution in [2.24, 2.45) is 7.05 Å². The third-order valence-corrected chi connectivity index (χ3v) is 5.26. The lowest BCUT2D eigenvalue weighted by Gasteiger charge is -2.07. The minimum Gasteiger partial charge on any atom is -0.381 e. The van der Waals surface area contributed by atoms with Gasteiger partial charge in [-0.25, -0.2) is 14.6 Å². The molecule has 2 aromatic heterocycles. The average molecular weight is 466 g/mol. The number of ether oxygens (including phenoxy) is 1. The van der Waals surface area contributed by atoms with Gasteiger partial charge >= 0.3 is 18.1 Å². The lowest BCUT2D eigenvalue weighted by molar-refractivity contribution is -0.193. The number of hydrogen-bond acceptors (Lipinski definition) is 7.